The average Bonchev–Trinajstić information content (AvgIpc) is 2.33. The van der Waals surface area contributed by atoms with Gasteiger partial charge in [-0.1, -0.05) is 20.8 Å². The Labute approximate surface area is 119 Å². The molecule has 2 amide bonds. The van der Waals surface area contributed by atoms with Crippen LogP contribution in [0.1, 0.15) is 33.6 Å². The van der Waals surface area contributed by atoms with E-state index in [9.17, 15) is 9.59 Å². The molecule has 0 aromatic rings. The molecule has 1 fully saturated rings. The van der Waals surface area contributed by atoms with Gasteiger partial charge in [0.15, 0.2) is 0 Å². The van der Waals surface area contributed by atoms with Crippen LogP contribution >= 0.6 is 11.8 Å². The van der Waals surface area contributed by atoms with Crippen molar-refractivity contribution in [2.45, 2.75) is 38.4 Å². The number of hydrogen-bond donors (Lipinski definition) is 1. The molecule has 5 nitrogen and oxygen atoms in total. The molecule has 0 aromatic carbocycles. The van der Waals surface area contributed by atoms with Gasteiger partial charge in [0.1, 0.15) is 6.61 Å². The fourth-order valence-corrected chi connectivity index (χ4v) is 2.76. The van der Waals surface area contributed by atoms with Gasteiger partial charge in [0, 0.05) is 23.6 Å². The zero-order valence-electron chi connectivity index (χ0n) is 12.0. The summed E-state index contributed by atoms with van der Waals surface area (Å²) in [5.74, 6) is 0.364. The number of thioether (sulfide) groups is 1. The number of hydrogen-bond acceptors (Lipinski definition) is 4. The first-order valence-electron chi connectivity index (χ1n) is 6.64. The molecule has 0 aliphatic carbocycles. The Bertz CT molecular complexity index is 328. The van der Waals surface area contributed by atoms with E-state index in [4.69, 9.17) is 10.5 Å². The normalized spacial score (nSPS) is 20.2. The topological polar surface area (TPSA) is 72.6 Å². The largest absolute Gasteiger partial charge is 0.465 e. The molecule has 2 N–H and O–H groups in total. The van der Waals surface area contributed by atoms with Crippen molar-refractivity contribution in [3.05, 3.63) is 0 Å². The number of likely N-dealkylation sites (tertiary alicyclic amines) is 1. The molecular weight excluding hydrogens is 264 g/mol. The molecule has 1 rings (SSSR count). The first-order valence-corrected chi connectivity index (χ1v) is 7.63. The molecule has 0 bridgehead atoms. The quantitative estimate of drug-likeness (QED) is 0.633. The molecule has 110 valence electrons. The zero-order valence-corrected chi connectivity index (χ0v) is 12.8. The molecule has 0 aromatic heterocycles. The lowest BCUT2D eigenvalue weighted by Crippen LogP contribution is -2.45. The van der Waals surface area contributed by atoms with Crippen LogP contribution in [0.2, 0.25) is 0 Å². The molecule has 0 radical (unpaired) electrons. The van der Waals surface area contributed by atoms with E-state index in [1.807, 2.05) is 0 Å². The highest BCUT2D eigenvalue weighted by atomic mass is 32.2. The Hall–Kier alpha value is -0.910. The smallest absolute Gasteiger partial charge is 0.314 e. The van der Waals surface area contributed by atoms with Crippen molar-refractivity contribution in [3.8, 4) is 0 Å². The number of nitrogens with two attached hydrogens (primary N) is 1. The summed E-state index contributed by atoms with van der Waals surface area (Å²) in [7, 11) is 0. The van der Waals surface area contributed by atoms with Gasteiger partial charge < -0.3 is 15.4 Å². The van der Waals surface area contributed by atoms with E-state index in [0.29, 0.717) is 19.7 Å². The Balaban J connectivity index is 2.27. The molecule has 1 heterocycles. The standard InChI is InChI=1S/C13H24N2O3S/c1-13(2,3)19-8-7-18-11(16)10-5-4-6-15(9-10)12(14)17/h10H,4-9H2,1-3H3,(H2,14,17)/t10-/m0/s1. The van der Waals surface area contributed by atoms with Gasteiger partial charge in [-0.3, -0.25) is 4.79 Å². The summed E-state index contributed by atoms with van der Waals surface area (Å²) < 4.78 is 5.45. The summed E-state index contributed by atoms with van der Waals surface area (Å²) in [6, 6.07) is -0.458. The van der Waals surface area contributed by atoms with Crippen LogP contribution in [0.5, 0.6) is 0 Å². The number of ether oxygens (including phenoxy) is 1. The number of esters is 1. The van der Waals surface area contributed by atoms with Crippen LogP contribution in [0.25, 0.3) is 0 Å². The van der Waals surface area contributed by atoms with E-state index in [-0.39, 0.29) is 16.6 Å². The van der Waals surface area contributed by atoms with Crippen molar-refractivity contribution < 1.29 is 14.3 Å². The van der Waals surface area contributed by atoms with E-state index >= 15 is 0 Å². The highest BCUT2D eigenvalue weighted by Crippen LogP contribution is 2.23. The monoisotopic (exact) mass is 288 g/mol. The third-order valence-electron chi connectivity index (χ3n) is 2.93. The summed E-state index contributed by atoms with van der Waals surface area (Å²) >= 11 is 1.77. The SMILES string of the molecule is CC(C)(C)SCCOC(=O)[C@H]1CCCN(C(N)=O)C1. The van der Waals surface area contributed by atoms with E-state index in [1.165, 1.54) is 4.90 Å². The average molecular weight is 288 g/mol. The predicted octanol–water partition coefficient (Wildman–Crippen LogP) is 1.85. The van der Waals surface area contributed by atoms with Gasteiger partial charge in [0.25, 0.3) is 0 Å². The highest BCUT2D eigenvalue weighted by molar-refractivity contribution is 8.00. The molecule has 0 unspecified atom stereocenters. The Morgan fingerprint density at radius 2 is 2.11 bits per heavy atom. The fraction of sp³-hybridized carbons (Fsp3) is 0.846. The molecule has 19 heavy (non-hydrogen) atoms. The van der Waals surface area contributed by atoms with E-state index in [1.54, 1.807) is 11.8 Å². The van der Waals surface area contributed by atoms with Gasteiger partial charge in [0.05, 0.1) is 5.92 Å². The Morgan fingerprint density at radius 3 is 2.68 bits per heavy atom. The number of nitrogens with zero attached hydrogens (tertiary/aromatic N) is 1. The van der Waals surface area contributed by atoms with Gasteiger partial charge >= 0.3 is 12.0 Å². The molecule has 1 atom stereocenters. The van der Waals surface area contributed by atoms with Crippen LogP contribution in [0.4, 0.5) is 4.79 Å². The first-order chi connectivity index (χ1) is 8.79. The minimum Gasteiger partial charge on any atom is -0.465 e. The van der Waals surface area contributed by atoms with E-state index in [2.05, 4.69) is 20.8 Å². The number of rotatable bonds is 4. The van der Waals surface area contributed by atoms with Crippen molar-refractivity contribution in [2.24, 2.45) is 11.7 Å². The minimum atomic E-state index is -0.458. The van der Waals surface area contributed by atoms with Gasteiger partial charge in [-0.25, -0.2) is 4.79 Å². The Morgan fingerprint density at radius 1 is 1.42 bits per heavy atom. The number of piperidine rings is 1. The fourth-order valence-electron chi connectivity index (χ4n) is 1.98. The van der Waals surface area contributed by atoms with Crippen molar-refractivity contribution >= 4 is 23.8 Å². The summed E-state index contributed by atoms with van der Waals surface area (Å²) in [4.78, 5) is 24.5. The van der Waals surface area contributed by atoms with Crippen LogP contribution in [0.15, 0.2) is 0 Å². The maximum Gasteiger partial charge on any atom is 0.314 e. The maximum absolute atomic E-state index is 11.9. The van der Waals surface area contributed by atoms with Crippen molar-refractivity contribution in [1.29, 1.82) is 0 Å². The summed E-state index contributed by atoms with van der Waals surface area (Å²) in [6.07, 6.45) is 1.58. The van der Waals surface area contributed by atoms with Crippen LogP contribution in [-0.2, 0) is 9.53 Å². The maximum atomic E-state index is 11.9. The van der Waals surface area contributed by atoms with Crippen LogP contribution < -0.4 is 5.73 Å². The van der Waals surface area contributed by atoms with Gasteiger partial charge in [0.2, 0.25) is 0 Å². The van der Waals surface area contributed by atoms with E-state index < -0.39 is 6.03 Å². The lowest BCUT2D eigenvalue weighted by Gasteiger charge is -2.30. The number of carbonyl (C=O) groups excluding carboxylic acids is 2. The molecule has 1 saturated heterocycles. The second-order valence-electron chi connectivity index (χ2n) is 5.75. The second-order valence-corrected chi connectivity index (χ2v) is 7.67. The van der Waals surface area contributed by atoms with Crippen LogP contribution in [-0.4, -0.2) is 47.1 Å². The molecule has 6 heteroatoms. The van der Waals surface area contributed by atoms with Crippen molar-refractivity contribution in [3.63, 3.8) is 0 Å². The summed E-state index contributed by atoms with van der Waals surface area (Å²) in [6.45, 7) is 7.84. The van der Waals surface area contributed by atoms with Crippen molar-refractivity contribution in [2.75, 3.05) is 25.4 Å². The molecule has 0 saturated carbocycles. The lowest BCUT2D eigenvalue weighted by atomic mass is 9.98. The van der Waals surface area contributed by atoms with Crippen LogP contribution in [0.3, 0.4) is 0 Å². The molecule has 0 spiro atoms. The molecule has 1 aliphatic heterocycles. The van der Waals surface area contributed by atoms with Gasteiger partial charge in [-0.05, 0) is 12.8 Å². The third kappa shape index (κ3) is 6.18. The summed E-state index contributed by atoms with van der Waals surface area (Å²) in [5.41, 5.74) is 5.23. The first kappa shape index (κ1) is 16.1. The highest BCUT2D eigenvalue weighted by Gasteiger charge is 2.28. The van der Waals surface area contributed by atoms with Gasteiger partial charge in [-0.2, -0.15) is 11.8 Å². The number of amides is 2. The molecular formula is C13H24N2O3S. The van der Waals surface area contributed by atoms with Gasteiger partial charge in [-0.15, -0.1) is 0 Å². The lowest BCUT2D eigenvalue weighted by molar-refractivity contribution is -0.149. The number of primary amides is 1. The number of urea groups is 1. The zero-order chi connectivity index (χ0) is 14.5. The summed E-state index contributed by atoms with van der Waals surface area (Å²) in [5, 5.41) is 0. The third-order valence-corrected chi connectivity index (χ3v) is 4.17. The molecule has 1 aliphatic rings. The van der Waals surface area contributed by atoms with Crippen LogP contribution in [0, 0.1) is 5.92 Å². The van der Waals surface area contributed by atoms with Crippen molar-refractivity contribution in [1.82, 2.24) is 4.90 Å². The van der Waals surface area contributed by atoms with E-state index in [0.717, 1.165) is 18.6 Å². The predicted molar refractivity (Wildman–Crippen MR) is 77.1 cm³/mol. The Kier molecular flexibility index (Phi) is 5.97. The minimum absolute atomic E-state index is 0.181. The number of carbonyl (C=O) groups is 2. The second kappa shape index (κ2) is 7.03.